The van der Waals surface area contributed by atoms with Crippen molar-refractivity contribution in [1.82, 2.24) is 5.32 Å². The number of hydrogen-bond acceptors (Lipinski definition) is 1. The number of hydrogen-bond donors (Lipinski definition) is 1. The molecule has 11 heavy (non-hydrogen) atoms. The first-order chi connectivity index (χ1) is 5.11. The van der Waals surface area contributed by atoms with E-state index in [1.54, 1.807) is 0 Å². The average Bonchev–Trinajstić information content (AvgIpc) is 1.99. The molecular weight excluding hydrogens is 141 g/mol. The first-order valence-electron chi connectivity index (χ1n) is 4.43. The van der Waals surface area contributed by atoms with Crippen molar-refractivity contribution in [3.63, 3.8) is 0 Å². The number of alkyl halides is 1. The van der Waals surface area contributed by atoms with Crippen molar-refractivity contribution in [2.75, 3.05) is 7.05 Å². The Kier molecular flexibility index (Phi) is 5.47. The smallest absolute Gasteiger partial charge is 0.104 e. The molecule has 0 rings (SSSR count). The van der Waals surface area contributed by atoms with E-state index in [-0.39, 0.29) is 5.92 Å². The lowest BCUT2D eigenvalue weighted by atomic mass is 10.00. The molecule has 2 heteroatoms. The van der Waals surface area contributed by atoms with Crippen LogP contribution in [0.3, 0.4) is 0 Å². The van der Waals surface area contributed by atoms with E-state index in [4.69, 9.17) is 0 Å². The average molecular weight is 161 g/mol. The highest BCUT2D eigenvalue weighted by Gasteiger charge is 2.15. The Morgan fingerprint density at radius 1 is 1.36 bits per heavy atom. The molecule has 1 N–H and O–H groups in total. The SMILES string of the molecule is CCC(CC(F)C(C)C)NC. The van der Waals surface area contributed by atoms with Gasteiger partial charge in [0.25, 0.3) is 0 Å². The third-order valence-electron chi connectivity index (χ3n) is 2.13. The van der Waals surface area contributed by atoms with Crippen LogP contribution in [0.5, 0.6) is 0 Å². The summed E-state index contributed by atoms with van der Waals surface area (Å²) in [4.78, 5) is 0. The molecule has 0 saturated heterocycles. The number of nitrogens with one attached hydrogen (secondary N) is 1. The summed E-state index contributed by atoms with van der Waals surface area (Å²) < 4.78 is 13.1. The molecule has 1 nitrogen and oxygen atoms in total. The van der Waals surface area contributed by atoms with Gasteiger partial charge in [0.1, 0.15) is 6.17 Å². The monoisotopic (exact) mass is 161 g/mol. The van der Waals surface area contributed by atoms with E-state index in [1.165, 1.54) is 0 Å². The second-order valence-electron chi connectivity index (χ2n) is 3.39. The first-order valence-corrected chi connectivity index (χ1v) is 4.43. The van der Waals surface area contributed by atoms with Gasteiger partial charge in [-0.25, -0.2) is 4.39 Å². The topological polar surface area (TPSA) is 12.0 Å². The zero-order valence-corrected chi connectivity index (χ0v) is 8.02. The van der Waals surface area contributed by atoms with Crippen molar-refractivity contribution in [1.29, 1.82) is 0 Å². The van der Waals surface area contributed by atoms with Crippen LogP contribution in [0.25, 0.3) is 0 Å². The molecule has 0 aromatic carbocycles. The third-order valence-corrected chi connectivity index (χ3v) is 2.13. The Morgan fingerprint density at radius 2 is 1.91 bits per heavy atom. The molecule has 0 radical (unpaired) electrons. The summed E-state index contributed by atoms with van der Waals surface area (Å²) in [6.45, 7) is 5.92. The van der Waals surface area contributed by atoms with Gasteiger partial charge in [-0.15, -0.1) is 0 Å². The van der Waals surface area contributed by atoms with Gasteiger partial charge in [-0.3, -0.25) is 0 Å². The summed E-state index contributed by atoms with van der Waals surface area (Å²) in [5, 5.41) is 3.10. The van der Waals surface area contributed by atoms with Gasteiger partial charge < -0.3 is 5.32 Å². The molecule has 0 spiro atoms. The summed E-state index contributed by atoms with van der Waals surface area (Å²) in [7, 11) is 1.89. The molecule has 0 aromatic heterocycles. The first kappa shape index (κ1) is 10.9. The molecule has 0 aliphatic carbocycles. The van der Waals surface area contributed by atoms with Crippen LogP contribution in [0.15, 0.2) is 0 Å². The van der Waals surface area contributed by atoms with Crippen LogP contribution in [-0.4, -0.2) is 19.3 Å². The molecule has 68 valence electrons. The summed E-state index contributed by atoms with van der Waals surface area (Å²) in [5.74, 6) is 0.150. The minimum atomic E-state index is -0.660. The van der Waals surface area contributed by atoms with Gasteiger partial charge in [-0.2, -0.15) is 0 Å². The molecule has 0 saturated carbocycles. The second-order valence-corrected chi connectivity index (χ2v) is 3.39. The normalized spacial score (nSPS) is 16.9. The molecule has 2 unspecified atom stereocenters. The predicted octanol–water partition coefficient (Wildman–Crippen LogP) is 2.37. The lowest BCUT2D eigenvalue weighted by Crippen LogP contribution is -2.29. The highest BCUT2D eigenvalue weighted by atomic mass is 19.1. The maximum absolute atomic E-state index is 13.1. The van der Waals surface area contributed by atoms with Crippen molar-refractivity contribution in [2.45, 2.75) is 45.8 Å². The van der Waals surface area contributed by atoms with Gasteiger partial charge in [-0.1, -0.05) is 20.8 Å². The lowest BCUT2D eigenvalue weighted by molar-refractivity contribution is 0.217. The van der Waals surface area contributed by atoms with E-state index in [2.05, 4.69) is 12.2 Å². The molecule has 2 atom stereocenters. The molecule has 0 fully saturated rings. The molecule has 0 aromatic rings. The minimum Gasteiger partial charge on any atom is -0.317 e. The van der Waals surface area contributed by atoms with E-state index in [9.17, 15) is 4.39 Å². The Labute approximate surface area is 69.4 Å². The van der Waals surface area contributed by atoms with Crippen molar-refractivity contribution >= 4 is 0 Å². The van der Waals surface area contributed by atoms with Gasteiger partial charge in [0.2, 0.25) is 0 Å². The molecular formula is C9H20FN. The van der Waals surface area contributed by atoms with Gasteiger partial charge in [-0.05, 0) is 25.8 Å². The zero-order valence-electron chi connectivity index (χ0n) is 8.02. The summed E-state index contributed by atoms with van der Waals surface area (Å²) >= 11 is 0. The summed E-state index contributed by atoms with van der Waals surface area (Å²) in [6.07, 6.45) is 0.987. The van der Waals surface area contributed by atoms with Crippen molar-refractivity contribution in [2.24, 2.45) is 5.92 Å². The van der Waals surface area contributed by atoms with Crippen LogP contribution in [0.2, 0.25) is 0 Å². The predicted molar refractivity (Wildman–Crippen MR) is 47.5 cm³/mol. The standard InChI is InChI=1S/C9H20FN/c1-5-8(11-4)6-9(10)7(2)3/h7-9,11H,5-6H2,1-4H3. The maximum atomic E-state index is 13.1. The quantitative estimate of drug-likeness (QED) is 0.652. The Balaban J connectivity index is 3.62. The largest absolute Gasteiger partial charge is 0.317 e. The molecule has 0 amide bonds. The lowest BCUT2D eigenvalue weighted by Gasteiger charge is -2.18. The van der Waals surface area contributed by atoms with Crippen molar-refractivity contribution in [3.8, 4) is 0 Å². The van der Waals surface area contributed by atoms with E-state index >= 15 is 0 Å². The highest BCUT2D eigenvalue weighted by molar-refractivity contribution is 4.70. The summed E-state index contributed by atoms with van der Waals surface area (Å²) in [5.41, 5.74) is 0. The van der Waals surface area contributed by atoms with Gasteiger partial charge in [0.05, 0.1) is 0 Å². The van der Waals surface area contributed by atoms with Crippen LogP contribution in [0, 0.1) is 5.92 Å². The van der Waals surface area contributed by atoms with Gasteiger partial charge in [0.15, 0.2) is 0 Å². The fourth-order valence-corrected chi connectivity index (χ4v) is 1.03. The number of halogens is 1. The van der Waals surface area contributed by atoms with E-state index in [1.807, 2.05) is 20.9 Å². The molecule has 0 aliphatic heterocycles. The molecule has 0 bridgehead atoms. The number of rotatable bonds is 5. The van der Waals surface area contributed by atoms with Gasteiger partial charge in [0, 0.05) is 6.04 Å². The minimum absolute atomic E-state index is 0.150. The summed E-state index contributed by atoms with van der Waals surface area (Å²) in [6, 6.07) is 0.340. The fraction of sp³-hybridized carbons (Fsp3) is 1.00. The van der Waals surface area contributed by atoms with Crippen molar-refractivity contribution in [3.05, 3.63) is 0 Å². The van der Waals surface area contributed by atoms with Crippen LogP contribution < -0.4 is 5.32 Å². The zero-order chi connectivity index (χ0) is 8.85. The van der Waals surface area contributed by atoms with E-state index in [0.29, 0.717) is 12.5 Å². The Morgan fingerprint density at radius 3 is 2.18 bits per heavy atom. The van der Waals surface area contributed by atoms with Crippen molar-refractivity contribution < 1.29 is 4.39 Å². The highest BCUT2D eigenvalue weighted by Crippen LogP contribution is 2.13. The fourth-order valence-electron chi connectivity index (χ4n) is 1.03. The maximum Gasteiger partial charge on any atom is 0.104 e. The Bertz CT molecular complexity index is 89.6. The molecule has 0 heterocycles. The van der Waals surface area contributed by atoms with Crippen LogP contribution in [0.4, 0.5) is 4.39 Å². The van der Waals surface area contributed by atoms with E-state index in [0.717, 1.165) is 6.42 Å². The van der Waals surface area contributed by atoms with E-state index < -0.39 is 6.17 Å². The van der Waals surface area contributed by atoms with Crippen LogP contribution in [0.1, 0.15) is 33.6 Å². The van der Waals surface area contributed by atoms with Crippen LogP contribution >= 0.6 is 0 Å². The van der Waals surface area contributed by atoms with Gasteiger partial charge >= 0.3 is 0 Å². The second kappa shape index (κ2) is 5.53. The molecule has 0 aliphatic rings. The van der Waals surface area contributed by atoms with Crippen LogP contribution in [-0.2, 0) is 0 Å². The third kappa shape index (κ3) is 4.35. The Hall–Kier alpha value is -0.110.